The molecule has 4 aliphatic rings. The minimum absolute atomic E-state index is 0.127. The molecule has 0 aromatic heterocycles. The summed E-state index contributed by atoms with van der Waals surface area (Å²) < 4.78 is 5.72. The number of hydrogen-bond acceptors (Lipinski definition) is 2. The lowest BCUT2D eigenvalue weighted by atomic mass is 9.58. The lowest BCUT2D eigenvalue weighted by molar-refractivity contribution is -0.147. The summed E-state index contributed by atoms with van der Waals surface area (Å²) in [6, 6.07) is 0. The average Bonchev–Trinajstić information content (AvgIpc) is 2.79. The first-order valence-electron chi connectivity index (χ1n) is 7.39. The minimum Gasteiger partial charge on any atom is -0.462 e. The maximum Gasteiger partial charge on any atom is 0.309 e. The molecule has 4 rings (SSSR count). The maximum atomic E-state index is 11.9. The van der Waals surface area contributed by atoms with Crippen molar-refractivity contribution in [3.05, 3.63) is 0 Å². The number of esters is 1. The summed E-state index contributed by atoms with van der Waals surface area (Å²) in [5.74, 6) is 5.01. The van der Waals surface area contributed by atoms with Crippen LogP contribution >= 0.6 is 0 Å². The van der Waals surface area contributed by atoms with Crippen LogP contribution in [0.1, 0.15) is 39.5 Å². The van der Waals surface area contributed by atoms with E-state index in [1.807, 2.05) is 0 Å². The molecule has 2 nitrogen and oxygen atoms in total. The zero-order valence-corrected chi connectivity index (χ0v) is 10.8. The molecule has 0 bridgehead atoms. The van der Waals surface area contributed by atoms with Gasteiger partial charge in [0.15, 0.2) is 0 Å². The Morgan fingerprint density at radius 2 is 1.76 bits per heavy atom. The highest BCUT2D eigenvalue weighted by Crippen LogP contribution is 2.62. The smallest absolute Gasteiger partial charge is 0.309 e. The van der Waals surface area contributed by atoms with E-state index in [0.717, 1.165) is 30.1 Å². The first-order chi connectivity index (χ1) is 8.18. The van der Waals surface area contributed by atoms with Crippen molar-refractivity contribution in [2.75, 3.05) is 0 Å². The Kier molecular flexibility index (Phi) is 2.00. The van der Waals surface area contributed by atoms with Gasteiger partial charge < -0.3 is 4.74 Å². The molecule has 0 spiro atoms. The van der Waals surface area contributed by atoms with E-state index >= 15 is 0 Å². The Hall–Kier alpha value is -0.530. The molecule has 0 radical (unpaired) electrons. The third-order valence-corrected chi connectivity index (χ3v) is 6.52. The van der Waals surface area contributed by atoms with Crippen LogP contribution in [0, 0.1) is 41.4 Å². The van der Waals surface area contributed by atoms with E-state index in [4.69, 9.17) is 4.74 Å². The highest BCUT2D eigenvalue weighted by molar-refractivity contribution is 5.76. The fraction of sp³-hybridized carbons (Fsp3) is 0.933. The first-order valence-corrected chi connectivity index (χ1v) is 7.39. The molecule has 8 atom stereocenters. The Bertz CT molecular complexity index is 362. The Morgan fingerprint density at radius 3 is 2.59 bits per heavy atom. The van der Waals surface area contributed by atoms with Gasteiger partial charge in [0.1, 0.15) is 6.10 Å². The molecular formula is C15H22O2. The van der Waals surface area contributed by atoms with Crippen molar-refractivity contribution in [2.24, 2.45) is 41.4 Å². The van der Waals surface area contributed by atoms with Crippen LogP contribution in [0.15, 0.2) is 0 Å². The molecular weight excluding hydrogens is 212 g/mol. The molecule has 0 aromatic rings. The predicted molar refractivity (Wildman–Crippen MR) is 64.1 cm³/mol. The number of carbonyl (C=O) groups is 1. The van der Waals surface area contributed by atoms with E-state index in [0.29, 0.717) is 11.8 Å². The molecule has 4 fully saturated rings. The summed E-state index contributed by atoms with van der Waals surface area (Å²) in [7, 11) is 0. The molecule has 0 aromatic carbocycles. The van der Waals surface area contributed by atoms with Crippen LogP contribution in [0.3, 0.4) is 0 Å². The first kappa shape index (κ1) is 10.4. The number of hydrogen-bond donors (Lipinski definition) is 0. The van der Waals surface area contributed by atoms with Gasteiger partial charge in [-0.15, -0.1) is 0 Å². The van der Waals surface area contributed by atoms with E-state index in [1.165, 1.54) is 19.3 Å². The van der Waals surface area contributed by atoms with Crippen molar-refractivity contribution >= 4 is 5.97 Å². The van der Waals surface area contributed by atoms with Crippen molar-refractivity contribution in [1.82, 2.24) is 0 Å². The predicted octanol–water partition coefficient (Wildman–Crippen LogP) is 2.87. The molecule has 3 aliphatic carbocycles. The Labute approximate surface area is 103 Å². The molecule has 6 unspecified atom stereocenters. The van der Waals surface area contributed by atoms with Crippen LogP contribution < -0.4 is 0 Å². The molecule has 1 saturated heterocycles. The average molecular weight is 234 g/mol. The van der Waals surface area contributed by atoms with E-state index in [2.05, 4.69) is 13.8 Å². The van der Waals surface area contributed by atoms with Gasteiger partial charge in [-0.2, -0.15) is 0 Å². The third-order valence-electron chi connectivity index (χ3n) is 6.52. The van der Waals surface area contributed by atoms with Crippen molar-refractivity contribution in [3.63, 3.8) is 0 Å². The molecule has 1 heterocycles. The Balaban J connectivity index is 1.76. The van der Waals surface area contributed by atoms with Gasteiger partial charge in [-0.1, -0.05) is 20.3 Å². The zero-order chi connectivity index (χ0) is 11.7. The summed E-state index contributed by atoms with van der Waals surface area (Å²) in [5, 5.41) is 0. The summed E-state index contributed by atoms with van der Waals surface area (Å²) in [6.45, 7) is 4.76. The highest BCUT2D eigenvalue weighted by Gasteiger charge is 2.63. The second-order valence-corrected chi connectivity index (χ2v) is 6.98. The molecule has 94 valence electrons. The second-order valence-electron chi connectivity index (χ2n) is 6.98. The number of ether oxygens (including phenoxy) is 1. The van der Waals surface area contributed by atoms with Crippen LogP contribution in [0.25, 0.3) is 0 Å². The lowest BCUT2D eigenvalue weighted by Crippen LogP contribution is -2.41. The fourth-order valence-electron chi connectivity index (χ4n) is 5.78. The molecule has 3 saturated carbocycles. The molecule has 17 heavy (non-hydrogen) atoms. The van der Waals surface area contributed by atoms with Gasteiger partial charge in [0.05, 0.1) is 5.92 Å². The highest BCUT2D eigenvalue weighted by atomic mass is 16.6. The summed E-state index contributed by atoms with van der Waals surface area (Å²) in [6.07, 6.45) is 5.42. The number of carbonyl (C=O) groups excluding carboxylic acids is 1. The second kappa shape index (κ2) is 3.27. The van der Waals surface area contributed by atoms with Gasteiger partial charge in [0.2, 0.25) is 0 Å². The van der Waals surface area contributed by atoms with E-state index in [9.17, 15) is 4.79 Å². The molecule has 2 heteroatoms. The van der Waals surface area contributed by atoms with E-state index in [1.54, 1.807) is 0 Å². The van der Waals surface area contributed by atoms with Gasteiger partial charge in [0, 0.05) is 5.92 Å². The monoisotopic (exact) mass is 234 g/mol. The topological polar surface area (TPSA) is 26.3 Å². The van der Waals surface area contributed by atoms with Crippen LogP contribution in [-0.4, -0.2) is 12.1 Å². The lowest BCUT2D eigenvalue weighted by Gasteiger charge is -2.45. The van der Waals surface area contributed by atoms with Gasteiger partial charge in [0.25, 0.3) is 0 Å². The summed E-state index contributed by atoms with van der Waals surface area (Å²) in [5.41, 5.74) is 0. The van der Waals surface area contributed by atoms with Crippen molar-refractivity contribution in [3.8, 4) is 0 Å². The van der Waals surface area contributed by atoms with Crippen molar-refractivity contribution in [2.45, 2.75) is 45.6 Å². The maximum absolute atomic E-state index is 11.9. The van der Waals surface area contributed by atoms with Crippen LogP contribution in [0.5, 0.6) is 0 Å². The molecule has 1 aliphatic heterocycles. The van der Waals surface area contributed by atoms with E-state index in [-0.39, 0.29) is 18.0 Å². The zero-order valence-electron chi connectivity index (χ0n) is 10.8. The quantitative estimate of drug-likeness (QED) is 0.602. The Morgan fingerprint density at radius 1 is 1.00 bits per heavy atom. The van der Waals surface area contributed by atoms with Gasteiger partial charge in [-0.3, -0.25) is 4.79 Å². The van der Waals surface area contributed by atoms with Crippen molar-refractivity contribution in [1.29, 1.82) is 0 Å². The standard InChI is InChI=1S/C15H22O2/c1-7-3-4-10-8(2)14-13-11(15(16)17-14)6-5-9(7)12(10)13/h7-14H,3-6H2,1-2H3/t7-,8+,9?,10?,11?,12?,13?,14?/m0/s1. The van der Waals surface area contributed by atoms with Crippen LogP contribution in [-0.2, 0) is 9.53 Å². The van der Waals surface area contributed by atoms with Crippen LogP contribution in [0.4, 0.5) is 0 Å². The molecule has 0 amide bonds. The van der Waals surface area contributed by atoms with E-state index < -0.39 is 0 Å². The van der Waals surface area contributed by atoms with Crippen molar-refractivity contribution < 1.29 is 9.53 Å². The summed E-state index contributed by atoms with van der Waals surface area (Å²) >= 11 is 0. The minimum atomic E-state index is 0.127. The summed E-state index contributed by atoms with van der Waals surface area (Å²) in [4.78, 5) is 11.9. The van der Waals surface area contributed by atoms with Crippen LogP contribution in [0.2, 0.25) is 0 Å². The normalized spacial score (nSPS) is 60.0. The largest absolute Gasteiger partial charge is 0.462 e. The van der Waals surface area contributed by atoms with Gasteiger partial charge >= 0.3 is 5.97 Å². The number of rotatable bonds is 0. The third kappa shape index (κ3) is 1.15. The fourth-order valence-corrected chi connectivity index (χ4v) is 5.78. The van der Waals surface area contributed by atoms with Gasteiger partial charge in [-0.05, 0) is 48.9 Å². The molecule has 0 N–H and O–H groups in total. The van der Waals surface area contributed by atoms with Gasteiger partial charge in [-0.25, -0.2) is 0 Å². The SMILES string of the molecule is C[C@@H]1C2CC[C@H](C)C3CCC4C(=O)OC1C4C23.